The van der Waals surface area contributed by atoms with Crippen LogP contribution < -0.4 is 5.43 Å². The summed E-state index contributed by atoms with van der Waals surface area (Å²) in [5.41, 5.74) is 1.58. The Bertz CT molecular complexity index is 1030. The van der Waals surface area contributed by atoms with Crippen molar-refractivity contribution in [2.45, 2.75) is 26.2 Å². The number of ether oxygens (including phenoxy) is 1. The fourth-order valence-corrected chi connectivity index (χ4v) is 2.72. The largest absolute Gasteiger partial charge is 0.451 e. The minimum absolute atomic E-state index is 0.224. The van der Waals surface area contributed by atoms with Gasteiger partial charge < -0.3 is 9.15 Å². The summed E-state index contributed by atoms with van der Waals surface area (Å²) in [5.74, 6) is -0.967. The molecular formula is C22H20O5. The van der Waals surface area contributed by atoms with E-state index in [-0.39, 0.29) is 17.0 Å². The molecule has 3 aromatic rings. The first kappa shape index (κ1) is 18.6. The van der Waals surface area contributed by atoms with E-state index in [0.29, 0.717) is 22.5 Å². The highest BCUT2D eigenvalue weighted by molar-refractivity contribution is 5.99. The molecule has 5 heteroatoms. The van der Waals surface area contributed by atoms with Crippen molar-refractivity contribution in [1.29, 1.82) is 0 Å². The summed E-state index contributed by atoms with van der Waals surface area (Å²) in [4.78, 5) is 36.4. The second kappa shape index (κ2) is 7.99. The number of rotatable bonds is 6. The third-order valence-corrected chi connectivity index (χ3v) is 4.58. The first-order valence-corrected chi connectivity index (χ1v) is 8.82. The number of carbonyl (C=O) groups is 2. The maximum Gasteiger partial charge on any atom is 0.374 e. The summed E-state index contributed by atoms with van der Waals surface area (Å²) < 4.78 is 10.4. The van der Waals surface area contributed by atoms with Crippen LogP contribution in [-0.2, 0) is 4.74 Å². The van der Waals surface area contributed by atoms with E-state index in [0.717, 1.165) is 18.1 Å². The van der Waals surface area contributed by atoms with E-state index in [1.165, 1.54) is 0 Å². The molecular weight excluding hydrogens is 344 g/mol. The Hall–Kier alpha value is -3.21. The third-order valence-electron chi connectivity index (χ3n) is 4.58. The quantitative estimate of drug-likeness (QED) is 0.480. The minimum atomic E-state index is -0.845. The summed E-state index contributed by atoms with van der Waals surface area (Å²) >= 11 is 0. The molecule has 0 fully saturated rings. The molecule has 0 N–H and O–H groups in total. The van der Waals surface area contributed by atoms with Crippen molar-refractivity contribution in [1.82, 2.24) is 0 Å². The number of esters is 1. The van der Waals surface area contributed by atoms with Crippen LogP contribution >= 0.6 is 0 Å². The normalized spacial score (nSPS) is 11.9. The monoisotopic (exact) mass is 364 g/mol. The first-order chi connectivity index (χ1) is 13.0. The van der Waals surface area contributed by atoms with E-state index in [1.807, 2.05) is 12.1 Å². The first-order valence-electron chi connectivity index (χ1n) is 8.82. The van der Waals surface area contributed by atoms with Gasteiger partial charge in [0.25, 0.3) is 0 Å². The van der Waals surface area contributed by atoms with Gasteiger partial charge in [0.15, 0.2) is 17.8 Å². The zero-order valence-corrected chi connectivity index (χ0v) is 15.2. The van der Waals surface area contributed by atoms with Crippen molar-refractivity contribution in [2.75, 3.05) is 6.61 Å². The molecule has 0 aliphatic heterocycles. The van der Waals surface area contributed by atoms with Crippen LogP contribution in [0.1, 0.15) is 52.7 Å². The summed E-state index contributed by atoms with van der Waals surface area (Å²) in [6, 6.07) is 15.0. The van der Waals surface area contributed by atoms with Crippen molar-refractivity contribution in [2.24, 2.45) is 0 Å². The lowest BCUT2D eigenvalue weighted by atomic mass is 9.97. The lowest BCUT2D eigenvalue weighted by Crippen LogP contribution is -2.16. The molecule has 0 amide bonds. The van der Waals surface area contributed by atoms with Gasteiger partial charge >= 0.3 is 5.97 Å². The maximum absolute atomic E-state index is 12.2. The van der Waals surface area contributed by atoms with Gasteiger partial charge in [0.1, 0.15) is 5.58 Å². The van der Waals surface area contributed by atoms with E-state index in [1.54, 1.807) is 36.4 Å². The molecule has 2 aromatic carbocycles. The van der Waals surface area contributed by atoms with E-state index in [9.17, 15) is 14.4 Å². The molecule has 138 valence electrons. The number of hydrogen-bond donors (Lipinski definition) is 0. The minimum Gasteiger partial charge on any atom is -0.451 e. The van der Waals surface area contributed by atoms with Gasteiger partial charge in [-0.05, 0) is 30.0 Å². The van der Waals surface area contributed by atoms with Crippen LogP contribution in [0.15, 0.2) is 63.8 Å². The predicted molar refractivity (Wildman–Crippen MR) is 102 cm³/mol. The van der Waals surface area contributed by atoms with Gasteiger partial charge in [-0.2, -0.15) is 0 Å². The Morgan fingerprint density at radius 3 is 2.48 bits per heavy atom. The van der Waals surface area contributed by atoms with Crippen molar-refractivity contribution in [3.8, 4) is 0 Å². The molecule has 0 aliphatic rings. The molecule has 0 radical (unpaired) electrons. The molecule has 27 heavy (non-hydrogen) atoms. The highest BCUT2D eigenvalue weighted by Crippen LogP contribution is 2.19. The van der Waals surface area contributed by atoms with Crippen molar-refractivity contribution in [3.63, 3.8) is 0 Å². The van der Waals surface area contributed by atoms with Crippen LogP contribution in [0, 0.1) is 0 Å². The summed E-state index contributed by atoms with van der Waals surface area (Å²) in [7, 11) is 0. The molecule has 5 nitrogen and oxygen atoms in total. The zero-order valence-electron chi connectivity index (χ0n) is 15.2. The standard InChI is InChI=1S/C22H20O5/c1-3-14(2)15-8-10-16(11-9-15)19(24)13-26-22(25)21-12-18(23)17-6-4-5-7-20(17)27-21/h4-12,14H,3,13H2,1-2H3/t14-/m0/s1. The highest BCUT2D eigenvalue weighted by atomic mass is 16.5. The molecule has 0 bridgehead atoms. The number of ketones is 1. The lowest BCUT2D eigenvalue weighted by molar-refractivity contribution is 0.0444. The van der Waals surface area contributed by atoms with Crippen LogP contribution in [0.25, 0.3) is 11.0 Å². The number of fused-ring (bicyclic) bond motifs is 1. The zero-order chi connectivity index (χ0) is 19.4. The van der Waals surface area contributed by atoms with Crippen LogP contribution in [-0.4, -0.2) is 18.4 Å². The SMILES string of the molecule is CC[C@H](C)c1ccc(C(=O)COC(=O)c2cc(=O)c3ccccc3o2)cc1. The van der Waals surface area contributed by atoms with Gasteiger partial charge in [-0.1, -0.05) is 50.2 Å². The van der Waals surface area contributed by atoms with Gasteiger partial charge in [-0.15, -0.1) is 0 Å². The number of para-hydroxylation sites is 1. The molecule has 1 heterocycles. The van der Waals surface area contributed by atoms with Crippen LogP contribution in [0.3, 0.4) is 0 Å². The maximum atomic E-state index is 12.2. The summed E-state index contributed by atoms with van der Waals surface area (Å²) in [6.45, 7) is 3.81. The van der Waals surface area contributed by atoms with E-state index in [4.69, 9.17) is 9.15 Å². The molecule has 1 aromatic heterocycles. The van der Waals surface area contributed by atoms with Crippen LogP contribution in [0.4, 0.5) is 0 Å². The molecule has 0 unspecified atom stereocenters. The molecule has 3 rings (SSSR count). The third kappa shape index (κ3) is 4.14. The summed E-state index contributed by atoms with van der Waals surface area (Å²) in [6.07, 6.45) is 1.02. The van der Waals surface area contributed by atoms with Gasteiger partial charge in [0, 0.05) is 11.6 Å². The molecule has 1 atom stereocenters. The van der Waals surface area contributed by atoms with Crippen LogP contribution in [0.5, 0.6) is 0 Å². The summed E-state index contributed by atoms with van der Waals surface area (Å²) in [5, 5.41) is 0.381. The average Bonchev–Trinajstić information content (AvgIpc) is 2.71. The van der Waals surface area contributed by atoms with Crippen LogP contribution in [0.2, 0.25) is 0 Å². The molecule has 0 saturated heterocycles. The fraction of sp³-hybridized carbons (Fsp3) is 0.227. The Morgan fingerprint density at radius 1 is 1.07 bits per heavy atom. The molecule has 0 spiro atoms. The number of hydrogen-bond acceptors (Lipinski definition) is 5. The molecule has 0 saturated carbocycles. The van der Waals surface area contributed by atoms with Gasteiger partial charge in [-0.3, -0.25) is 9.59 Å². The predicted octanol–water partition coefficient (Wildman–Crippen LogP) is 4.35. The van der Waals surface area contributed by atoms with Gasteiger partial charge in [0.2, 0.25) is 5.76 Å². The Kier molecular flexibility index (Phi) is 5.50. The Balaban J connectivity index is 1.68. The number of carbonyl (C=O) groups excluding carboxylic acids is 2. The second-order valence-electron chi connectivity index (χ2n) is 6.40. The van der Waals surface area contributed by atoms with E-state index < -0.39 is 12.6 Å². The number of benzene rings is 2. The smallest absolute Gasteiger partial charge is 0.374 e. The molecule has 0 aliphatic carbocycles. The topological polar surface area (TPSA) is 73.6 Å². The number of Topliss-reactive ketones (excluding diaryl/α,β-unsaturated/α-hetero) is 1. The van der Waals surface area contributed by atoms with Gasteiger partial charge in [0.05, 0.1) is 5.39 Å². The van der Waals surface area contributed by atoms with E-state index >= 15 is 0 Å². The van der Waals surface area contributed by atoms with Crippen molar-refractivity contribution in [3.05, 3.63) is 81.7 Å². The van der Waals surface area contributed by atoms with Gasteiger partial charge in [-0.25, -0.2) is 4.79 Å². The Morgan fingerprint density at radius 2 is 1.78 bits per heavy atom. The van der Waals surface area contributed by atoms with Crippen molar-refractivity contribution >= 4 is 22.7 Å². The van der Waals surface area contributed by atoms with E-state index in [2.05, 4.69) is 13.8 Å². The average molecular weight is 364 g/mol. The fourth-order valence-electron chi connectivity index (χ4n) is 2.72. The highest BCUT2D eigenvalue weighted by Gasteiger charge is 2.16. The lowest BCUT2D eigenvalue weighted by Gasteiger charge is -2.09. The Labute approximate surface area is 156 Å². The van der Waals surface area contributed by atoms with Crippen molar-refractivity contribution < 1.29 is 18.7 Å². The second-order valence-corrected chi connectivity index (χ2v) is 6.40.